The molecule has 0 unspecified atom stereocenters. The van der Waals surface area contributed by atoms with E-state index in [0.717, 1.165) is 11.4 Å². The molecule has 0 radical (unpaired) electrons. The quantitative estimate of drug-likeness (QED) is 0.917. The molecule has 1 aromatic heterocycles. The number of rotatable bonds is 5. The molecule has 1 atom stereocenters. The lowest BCUT2D eigenvalue weighted by molar-refractivity contribution is 0.188. The van der Waals surface area contributed by atoms with Crippen molar-refractivity contribution >= 4 is 11.6 Å². The van der Waals surface area contributed by atoms with Crippen LogP contribution in [0.15, 0.2) is 18.2 Å². The van der Waals surface area contributed by atoms with Gasteiger partial charge in [0, 0.05) is 12.1 Å². The Morgan fingerprint density at radius 1 is 1.48 bits per heavy atom. The van der Waals surface area contributed by atoms with E-state index in [1.165, 1.54) is 18.2 Å². The summed E-state index contributed by atoms with van der Waals surface area (Å²) in [5.41, 5.74) is 1.91. The first-order valence-electron chi connectivity index (χ1n) is 6.76. The largest absolute Gasteiger partial charge is 0.487 e. The molecule has 1 N–H and O–H groups in total. The maximum Gasteiger partial charge on any atom is 0.131 e. The van der Waals surface area contributed by atoms with Crippen molar-refractivity contribution in [2.24, 2.45) is 0 Å². The number of hydrogen-bond acceptors (Lipinski definition) is 3. The zero-order chi connectivity index (χ0) is 15.6. The van der Waals surface area contributed by atoms with Gasteiger partial charge in [-0.15, -0.1) is 0 Å². The highest BCUT2D eigenvalue weighted by molar-refractivity contribution is 6.31. The smallest absolute Gasteiger partial charge is 0.131 e. The molecule has 4 nitrogen and oxygen atoms in total. The van der Waals surface area contributed by atoms with Gasteiger partial charge in [-0.1, -0.05) is 11.6 Å². The molecular weight excluding hydrogens is 295 g/mol. The van der Waals surface area contributed by atoms with Gasteiger partial charge in [0.15, 0.2) is 0 Å². The van der Waals surface area contributed by atoms with Crippen molar-refractivity contribution in [1.29, 1.82) is 0 Å². The van der Waals surface area contributed by atoms with Crippen LogP contribution in [0.3, 0.4) is 0 Å². The van der Waals surface area contributed by atoms with E-state index < -0.39 is 11.9 Å². The molecule has 21 heavy (non-hydrogen) atoms. The Labute approximate surface area is 128 Å². The second-order valence-electron chi connectivity index (χ2n) is 4.81. The number of benzene rings is 1. The molecular formula is C15H18ClFN2O2. The Morgan fingerprint density at radius 2 is 2.19 bits per heavy atom. The molecule has 0 aliphatic carbocycles. The number of hydrogen-bond donors (Lipinski definition) is 1. The van der Waals surface area contributed by atoms with Crippen molar-refractivity contribution in [2.75, 3.05) is 0 Å². The van der Waals surface area contributed by atoms with E-state index in [0.29, 0.717) is 22.9 Å². The first-order chi connectivity index (χ1) is 9.93. The highest BCUT2D eigenvalue weighted by Gasteiger charge is 2.15. The summed E-state index contributed by atoms with van der Waals surface area (Å²) < 4.78 is 20.7. The molecule has 0 spiro atoms. The summed E-state index contributed by atoms with van der Waals surface area (Å²) in [4.78, 5) is 0. The topological polar surface area (TPSA) is 47.3 Å². The van der Waals surface area contributed by atoms with Crippen molar-refractivity contribution in [2.45, 2.75) is 40.0 Å². The molecule has 0 amide bonds. The minimum absolute atomic E-state index is 0.207. The molecule has 0 aliphatic rings. The highest BCUT2D eigenvalue weighted by atomic mass is 35.5. The van der Waals surface area contributed by atoms with Crippen LogP contribution in [0.1, 0.15) is 36.9 Å². The van der Waals surface area contributed by atoms with Gasteiger partial charge < -0.3 is 9.84 Å². The predicted octanol–water partition coefficient (Wildman–Crippen LogP) is 3.64. The van der Waals surface area contributed by atoms with E-state index in [9.17, 15) is 9.50 Å². The summed E-state index contributed by atoms with van der Waals surface area (Å²) in [6.07, 6.45) is -0.816. The number of aryl methyl sites for hydroxylation is 2. The molecule has 114 valence electrons. The summed E-state index contributed by atoms with van der Waals surface area (Å²) in [6, 6.07) is 4.07. The Hall–Kier alpha value is -1.59. The van der Waals surface area contributed by atoms with Gasteiger partial charge in [0.25, 0.3) is 0 Å². The van der Waals surface area contributed by atoms with E-state index in [1.54, 1.807) is 11.6 Å². The SMILES string of the molecule is CCn1nc(C)c(Cl)c1COc1ccc(F)cc1[C@H](C)O. The molecule has 6 heteroatoms. The zero-order valence-electron chi connectivity index (χ0n) is 12.2. The molecule has 0 saturated carbocycles. The van der Waals surface area contributed by atoms with Crippen molar-refractivity contribution < 1.29 is 14.2 Å². The van der Waals surface area contributed by atoms with Crippen molar-refractivity contribution in [3.63, 3.8) is 0 Å². The molecule has 0 aliphatic heterocycles. The lowest BCUT2D eigenvalue weighted by atomic mass is 10.1. The van der Waals surface area contributed by atoms with Gasteiger partial charge in [-0.2, -0.15) is 5.10 Å². The number of nitrogens with zero attached hydrogens (tertiary/aromatic N) is 2. The van der Waals surface area contributed by atoms with Crippen LogP contribution in [0, 0.1) is 12.7 Å². The summed E-state index contributed by atoms with van der Waals surface area (Å²) in [5, 5.41) is 14.6. The van der Waals surface area contributed by atoms with Gasteiger partial charge in [-0.05, 0) is 39.0 Å². The van der Waals surface area contributed by atoms with E-state index in [4.69, 9.17) is 16.3 Å². The van der Waals surface area contributed by atoms with E-state index in [-0.39, 0.29) is 6.61 Å². The maximum absolute atomic E-state index is 13.3. The molecule has 0 fully saturated rings. The third-order valence-corrected chi connectivity index (χ3v) is 3.73. The third-order valence-electron chi connectivity index (χ3n) is 3.24. The van der Waals surface area contributed by atoms with Crippen LogP contribution >= 0.6 is 11.6 Å². The summed E-state index contributed by atoms with van der Waals surface area (Å²) in [6.45, 7) is 6.25. The van der Waals surface area contributed by atoms with Crippen LogP contribution in [0.5, 0.6) is 5.75 Å². The number of aromatic nitrogens is 2. The monoisotopic (exact) mass is 312 g/mol. The second kappa shape index (κ2) is 6.45. The standard InChI is InChI=1S/C15H18ClFN2O2/c1-4-19-13(15(16)9(2)18-19)8-21-14-6-5-11(17)7-12(14)10(3)20/h5-7,10,20H,4,8H2,1-3H3/t10-/m0/s1. The lowest BCUT2D eigenvalue weighted by Crippen LogP contribution is -2.08. The van der Waals surface area contributed by atoms with E-state index in [2.05, 4.69) is 5.10 Å². The lowest BCUT2D eigenvalue weighted by Gasteiger charge is -2.14. The van der Waals surface area contributed by atoms with Crippen LogP contribution in [0.4, 0.5) is 4.39 Å². The van der Waals surface area contributed by atoms with Crippen LogP contribution < -0.4 is 4.74 Å². The van der Waals surface area contributed by atoms with E-state index >= 15 is 0 Å². The Morgan fingerprint density at radius 3 is 2.81 bits per heavy atom. The molecule has 1 aromatic carbocycles. The van der Waals surface area contributed by atoms with Crippen LogP contribution in [-0.4, -0.2) is 14.9 Å². The number of halogens is 2. The fraction of sp³-hybridized carbons (Fsp3) is 0.400. The number of aliphatic hydroxyl groups is 1. The first kappa shape index (κ1) is 15.8. The maximum atomic E-state index is 13.3. The highest BCUT2D eigenvalue weighted by Crippen LogP contribution is 2.28. The number of ether oxygens (including phenoxy) is 1. The minimum Gasteiger partial charge on any atom is -0.487 e. The molecule has 0 bridgehead atoms. The first-order valence-corrected chi connectivity index (χ1v) is 7.14. The predicted molar refractivity (Wildman–Crippen MR) is 79.0 cm³/mol. The Kier molecular flexibility index (Phi) is 4.85. The second-order valence-corrected chi connectivity index (χ2v) is 5.19. The van der Waals surface area contributed by atoms with Gasteiger partial charge in [0.05, 0.1) is 22.5 Å². The van der Waals surface area contributed by atoms with Gasteiger partial charge in [0.2, 0.25) is 0 Å². The average molecular weight is 313 g/mol. The van der Waals surface area contributed by atoms with Crippen LogP contribution in [0.25, 0.3) is 0 Å². The Balaban J connectivity index is 2.25. The van der Waals surface area contributed by atoms with Gasteiger partial charge in [-0.25, -0.2) is 4.39 Å². The van der Waals surface area contributed by atoms with Crippen molar-refractivity contribution in [1.82, 2.24) is 9.78 Å². The molecule has 1 heterocycles. The van der Waals surface area contributed by atoms with Crippen molar-refractivity contribution in [3.05, 3.63) is 46.0 Å². The normalized spacial score (nSPS) is 12.5. The zero-order valence-corrected chi connectivity index (χ0v) is 13.0. The fourth-order valence-electron chi connectivity index (χ4n) is 2.13. The third kappa shape index (κ3) is 3.36. The average Bonchev–Trinajstić information content (AvgIpc) is 2.72. The Bertz CT molecular complexity index is 641. The minimum atomic E-state index is -0.816. The molecule has 2 rings (SSSR count). The molecule has 2 aromatic rings. The van der Waals surface area contributed by atoms with Crippen molar-refractivity contribution in [3.8, 4) is 5.75 Å². The van der Waals surface area contributed by atoms with E-state index in [1.807, 2.05) is 13.8 Å². The summed E-state index contributed by atoms with van der Waals surface area (Å²) >= 11 is 6.21. The number of aliphatic hydroxyl groups excluding tert-OH is 1. The van der Waals surface area contributed by atoms with Gasteiger partial charge >= 0.3 is 0 Å². The van der Waals surface area contributed by atoms with Gasteiger partial charge in [0.1, 0.15) is 18.2 Å². The fourth-order valence-corrected chi connectivity index (χ4v) is 2.32. The summed E-state index contributed by atoms with van der Waals surface area (Å²) in [7, 11) is 0. The van der Waals surface area contributed by atoms with Crippen LogP contribution in [-0.2, 0) is 13.2 Å². The summed E-state index contributed by atoms with van der Waals surface area (Å²) in [5.74, 6) is 0.0229. The van der Waals surface area contributed by atoms with Gasteiger partial charge in [-0.3, -0.25) is 4.68 Å². The van der Waals surface area contributed by atoms with Crippen LogP contribution in [0.2, 0.25) is 5.02 Å². The molecule has 0 saturated heterocycles.